The Bertz CT molecular complexity index is 301. The molecule has 0 radical (unpaired) electrons. The molecule has 1 heterocycles. The third-order valence-corrected chi connectivity index (χ3v) is 3.12. The summed E-state index contributed by atoms with van der Waals surface area (Å²) in [5, 5.41) is 3.02. The monoisotopic (exact) mass is 209 g/mol. The maximum atomic E-state index is 5.80. The lowest BCUT2D eigenvalue weighted by Crippen LogP contribution is -2.51. The van der Waals surface area contributed by atoms with Crippen LogP contribution in [0, 0.1) is 0 Å². The first-order valence-corrected chi connectivity index (χ1v) is 5.58. The van der Waals surface area contributed by atoms with Gasteiger partial charge in [0.2, 0.25) is 5.96 Å². The highest BCUT2D eigenvalue weighted by molar-refractivity contribution is 5.99. The van der Waals surface area contributed by atoms with Gasteiger partial charge in [0, 0.05) is 13.6 Å². The Morgan fingerprint density at radius 2 is 2.07 bits per heavy atom. The van der Waals surface area contributed by atoms with E-state index in [4.69, 9.17) is 10.7 Å². The summed E-state index contributed by atoms with van der Waals surface area (Å²) in [6, 6.07) is 0. The molecule has 5 heteroatoms. The molecule has 5 nitrogen and oxygen atoms in total. The fourth-order valence-electron chi connectivity index (χ4n) is 2.11. The second-order valence-electron chi connectivity index (χ2n) is 4.26. The molecule has 2 rings (SSSR count). The summed E-state index contributed by atoms with van der Waals surface area (Å²) in [5.41, 5.74) is 5.55. The normalized spacial score (nSPS) is 23.3. The largest absolute Gasteiger partial charge is 0.370 e. The first kappa shape index (κ1) is 10.3. The second kappa shape index (κ2) is 3.72. The highest BCUT2D eigenvalue weighted by Gasteiger charge is 2.36. The van der Waals surface area contributed by atoms with Crippen molar-refractivity contribution >= 4 is 11.9 Å². The Hall–Kier alpha value is -1.26. The summed E-state index contributed by atoms with van der Waals surface area (Å²) < 4.78 is 0. The van der Waals surface area contributed by atoms with Crippen LogP contribution in [0.3, 0.4) is 0 Å². The summed E-state index contributed by atoms with van der Waals surface area (Å²) in [4.78, 5) is 11.2. The van der Waals surface area contributed by atoms with Gasteiger partial charge in [-0.3, -0.25) is 5.32 Å². The molecule has 1 aliphatic heterocycles. The maximum absolute atomic E-state index is 5.80. The number of nitrogens with one attached hydrogen (secondary N) is 1. The molecule has 2 aliphatic rings. The highest BCUT2D eigenvalue weighted by atomic mass is 15.4. The molecule has 15 heavy (non-hydrogen) atoms. The van der Waals surface area contributed by atoms with E-state index >= 15 is 0 Å². The SMILES string of the molecule is CCN(C)C1=NC2(CCCC2)N=C(N)N1. The van der Waals surface area contributed by atoms with Crippen molar-refractivity contribution in [3.05, 3.63) is 0 Å². The van der Waals surface area contributed by atoms with E-state index in [0.29, 0.717) is 5.96 Å². The van der Waals surface area contributed by atoms with Gasteiger partial charge in [0.25, 0.3) is 0 Å². The molecule has 3 N–H and O–H groups in total. The van der Waals surface area contributed by atoms with Crippen LogP contribution in [0.25, 0.3) is 0 Å². The molecule has 0 unspecified atom stereocenters. The van der Waals surface area contributed by atoms with E-state index in [1.165, 1.54) is 12.8 Å². The highest BCUT2D eigenvalue weighted by Crippen LogP contribution is 2.35. The minimum Gasteiger partial charge on any atom is -0.370 e. The predicted octanol–water partition coefficient (Wildman–Crippen LogP) is 0.482. The van der Waals surface area contributed by atoms with Gasteiger partial charge in [-0.15, -0.1) is 0 Å². The molecular formula is C10H19N5. The first-order chi connectivity index (χ1) is 7.15. The summed E-state index contributed by atoms with van der Waals surface area (Å²) in [7, 11) is 2.01. The predicted molar refractivity (Wildman–Crippen MR) is 61.7 cm³/mol. The Labute approximate surface area is 90.5 Å². The number of aliphatic imine (C=N–C) groups is 2. The fraction of sp³-hybridized carbons (Fsp3) is 0.800. The molecule has 0 aromatic carbocycles. The number of hydrogen-bond donors (Lipinski definition) is 2. The Balaban J connectivity index is 2.24. The molecule has 1 saturated carbocycles. The van der Waals surface area contributed by atoms with Crippen LogP contribution in [-0.2, 0) is 0 Å². The number of rotatable bonds is 1. The van der Waals surface area contributed by atoms with Gasteiger partial charge in [0.15, 0.2) is 11.6 Å². The van der Waals surface area contributed by atoms with E-state index in [0.717, 1.165) is 25.3 Å². The van der Waals surface area contributed by atoms with E-state index in [1.54, 1.807) is 0 Å². The van der Waals surface area contributed by atoms with E-state index in [1.807, 2.05) is 7.05 Å². The van der Waals surface area contributed by atoms with Crippen LogP contribution in [0.15, 0.2) is 9.98 Å². The zero-order valence-corrected chi connectivity index (χ0v) is 9.45. The van der Waals surface area contributed by atoms with Crippen molar-refractivity contribution in [2.24, 2.45) is 15.7 Å². The van der Waals surface area contributed by atoms with Crippen molar-refractivity contribution < 1.29 is 0 Å². The molecule has 0 aromatic rings. The Morgan fingerprint density at radius 1 is 1.40 bits per heavy atom. The van der Waals surface area contributed by atoms with Crippen LogP contribution < -0.4 is 11.1 Å². The van der Waals surface area contributed by atoms with Gasteiger partial charge in [-0.2, -0.15) is 0 Å². The zero-order chi connectivity index (χ0) is 10.9. The maximum Gasteiger partial charge on any atom is 0.202 e. The molecule has 84 valence electrons. The summed E-state index contributed by atoms with van der Waals surface area (Å²) >= 11 is 0. The van der Waals surface area contributed by atoms with E-state index in [9.17, 15) is 0 Å². The molecule has 0 bridgehead atoms. The van der Waals surface area contributed by atoms with Gasteiger partial charge in [0.1, 0.15) is 0 Å². The molecule has 0 atom stereocenters. The number of hydrogen-bond acceptors (Lipinski definition) is 5. The molecule has 1 spiro atoms. The average Bonchev–Trinajstić information content (AvgIpc) is 2.63. The molecule has 1 fully saturated rings. The van der Waals surface area contributed by atoms with Crippen LogP contribution >= 0.6 is 0 Å². The summed E-state index contributed by atoms with van der Waals surface area (Å²) in [5.74, 6) is 1.36. The standard InChI is InChI=1S/C10H19N5/c1-3-15(2)9-12-8(11)13-10(14-9)6-4-5-7-10/h3-7H2,1-2H3,(H3,11,12,13,14). The van der Waals surface area contributed by atoms with Gasteiger partial charge in [-0.1, -0.05) is 0 Å². The topological polar surface area (TPSA) is 66.0 Å². The van der Waals surface area contributed by atoms with Crippen molar-refractivity contribution in [1.82, 2.24) is 10.2 Å². The van der Waals surface area contributed by atoms with E-state index in [-0.39, 0.29) is 5.66 Å². The van der Waals surface area contributed by atoms with Crippen molar-refractivity contribution in [3.8, 4) is 0 Å². The van der Waals surface area contributed by atoms with Crippen molar-refractivity contribution in [2.45, 2.75) is 38.3 Å². The van der Waals surface area contributed by atoms with Gasteiger partial charge in [0.05, 0.1) is 0 Å². The first-order valence-electron chi connectivity index (χ1n) is 5.58. The lowest BCUT2D eigenvalue weighted by molar-refractivity contribution is 0.428. The van der Waals surface area contributed by atoms with Crippen molar-refractivity contribution in [2.75, 3.05) is 13.6 Å². The smallest absolute Gasteiger partial charge is 0.202 e. The van der Waals surface area contributed by atoms with Gasteiger partial charge in [-0.05, 0) is 32.6 Å². The van der Waals surface area contributed by atoms with Gasteiger partial charge >= 0.3 is 0 Å². The number of nitrogens with two attached hydrogens (primary N) is 1. The van der Waals surface area contributed by atoms with Crippen molar-refractivity contribution in [3.63, 3.8) is 0 Å². The third kappa shape index (κ3) is 1.91. The zero-order valence-electron chi connectivity index (χ0n) is 9.45. The van der Waals surface area contributed by atoms with Gasteiger partial charge in [-0.25, -0.2) is 9.98 Å². The van der Waals surface area contributed by atoms with E-state index < -0.39 is 0 Å². The molecule has 0 aromatic heterocycles. The van der Waals surface area contributed by atoms with Crippen LogP contribution in [0.1, 0.15) is 32.6 Å². The molecule has 1 aliphatic carbocycles. The summed E-state index contributed by atoms with van der Waals surface area (Å²) in [6.45, 7) is 3.00. The van der Waals surface area contributed by atoms with Crippen LogP contribution in [0.5, 0.6) is 0 Å². The molecular weight excluding hydrogens is 190 g/mol. The molecule has 0 amide bonds. The second-order valence-corrected chi connectivity index (χ2v) is 4.26. The minimum atomic E-state index is -0.256. The van der Waals surface area contributed by atoms with Crippen LogP contribution in [0.2, 0.25) is 0 Å². The molecule has 0 saturated heterocycles. The minimum absolute atomic E-state index is 0.256. The lowest BCUT2D eigenvalue weighted by atomic mass is 10.1. The lowest BCUT2D eigenvalue weighted by Gasteiger charge is -2.30. The third-order valence-electron chi connectivity index (χ3n) is 3.12. The average molecular weight is 209 g/mol. The van der Waals surface area contributed by atoms with Crippen LogP contribution in [-0.4, -0.2) is 36.1 Å². The quantitative estimate of drug-likeness (QED) is 0.660. The summed E-state index contributed by atoms with van der Waals surface area (Å²) in [6.07, 6.45) is 4.44. The van der Waals surface area contributed by atoms with Gasteiger partial charge < -0.3 is 10.6 Å². The Kier molecular flexibility index (Phi) is 2.54. The number of nitrogens with zero attached hydrogens (tertiary/aromatic N) is 3. The fourth-order valence-corrected chi connectivity index (χ4v) is 2.11. The Morgan fingerprint density at radius 3 is 2.67 bits per heavy atom. The number of guanidine groups is 2. The van der Waals surface area contributed by atoms with E-state index in [2.05, 4.69) is 22.1 Å². The van der Waals surface area contributed by atoms with Crippen LogP contribution in [0.4, 0.5) is 0 Å². The van der Waals surface area contributed by atoms with Crippen molar-refractivity contribution in [1.29, 1.82) is 0 Å².